The average Bonchev–Trinajstić information content (AvgIpc) is 3.16. The first-order valence-electron chi connectivity index (χ1n) is 9.26. The second-order valence-corrected chi connectivity index (χ2v) is 8.99. The predicted molar refractivity (Wildman–Crippen MR) is 109 cm³/mol. The minimum absolute atomic E-state index is 0.0207. The number of rotatable bonds is 4. The van der Waals surface area contributed by atoms with Gasteiger partial charge in [0.15, 0.2) is 0 Å². The zero-order valence-corrected chi connectivity index (χ0v) is 17.1. The van der Waals surface area contributed by atoms with Crippen molar-refractivity contribution in [3.8, 4) is 0 Å². The second kappa shape index (κ2) is 7.52. The highest BCUT2D eigenvalue weighted by Crippen LogP contribution is 2.39. The number of anilines is 2. The number of aryl methyl sites for hydroxylation is 1. The molecule has 3 rings (SSSR count). The summed E-state index contributed by atoms with van der Waals surface area (Å²) >= 11 is 1.66. The number of hydrogen-bond donors (Lipinski definition) is 3. The van der Waals surface area contributed by atoms with Gasteiger partial charge in [0.2, 0.25) is 0 Å². The molecule has 2 heterocycles. The summed E-state index contributed by atoms with van der Waals surface area (Å²) in [5.41, 5.74) is 8.09. The fraction of sp³-hybridized carbons (Fsp3) is 0.579. The Hall–Kier alpha value is -2.06. The van der Waals surface area contributed by atoms with Gasteiger partial charge in [-0.1, -0.05) is 6.92 Å². The van der Waals surface area contributed by atoms with Crippen LogP contribution in [0.15, 0.2) is 12.1 Å². The molecule has 1 aliphatic heterocycles. The van der Waals surface area contributed by atoms with Crippen LogP contribution < -0.4 is 16.0 Å². The van der Waals surface area contributed by atoms with E-state index in [1.54, 1.807) is 11.3 Å². The van der Waals surface area contributed by atoms with Gasteiger partial charge < -0.3 is 25.8 Å². The maximum Gasteiger partial charge on any atom is 0.407 e. The van der Waals surface area contributed by atoms with Gasteiger partial charge in [0.25, 0.3) is 0 Å². The Bertz CT molecular complexity index is 830. The molecule has 2 aromatic rings. The molecular weight excluding hydrogens is 364 g/mol. The quantitative estimate of drug-likeness (QED) is 0.692. The number of thiazole rings is 1. The number of nitrogen functional groups attached to an aromatic ring is 1. The fourth-order valence-electron chi connectivity index (χ4n) is 3.44. The van der Waals surface area contributed by atoms with Crippen LogP contribution in [0.5, 0.6) is 0 Å². The third-order valence-corrected chi connectivity index (χ3v) is 5.71. The van der Waals surface area contributed by atoms with Gasteiger partial charge in [-0.3, -0.25) is 0 Å². The van der Waals surface area contributed by atoms with Gasteiger partial charge >= 0.3 is 6.09 Å². The normalized spacial score (nSPS) is 20.3. The Kier molecular flexibility index (Phi) is 5.48. The van der Waals surface area contributed by atoms with E-state index in [0.29, 0.717) is 18.7 Å². The molecule has 27 heavy (non-hydrogen) atoms. The number of fused-ring (bicyclic) bond motifs is 1. The number of nitrogens with zero attached hydrogens (tertiary/aromatic N) is 2. The van der Waals surface area contributed by atoms with Crippen LogP contribution in [0.2, 0.25) is 0 Å². The predicted octanol–water partition coefficient (Wildman–Crippen LogP) is 2.91. The fourth-order valence-corrected chi connectivity index (χ4v) is 4.35. The second-order valence-electron chi connectivity index (χ2n) is 7.88. The zero-order valence-electron chi connectivity index (χ0n) is 16.3. The number of nitrogens with one attached hydrogen (secondary N) is 1. The van der Waals surface area contributed by atoms with Crippen LogP contribution in [0.25, 0.3) is 10.2 Å². The summed E-state index contributed by atoms with van der Waals surface area (Å²) in [5.74, 6) is 0. The molecule has 2 atom stereocenters. The number of hydrogen-bond acceptors (Lipinski definition) is 7. The summed E-state index contributed by atoms with van der Waals surface area (Å²) in [7, 11) is 0. The zero-order chi connectivity index (χ0) is 19.8. The summed E-state index contributed by atoms with van der Waals surface area (Å²) in [6.07, 6.45) is 1.04. The van der Waals surface area contributed by atoms with Gasteiger partial charge in [-0.2, -0.15) is 0 Å². The first-order valence-corrected chi connectivity index (χ1v) is 10.1. The highest BCUT2D eigenvalue weighted by atomic mass is 32.1. The molecule has 0 radical (unpaired) electrons. The summed E-state index contributed by atoms with van der Waals surface area (Å²) in [6.45, 7) is 8.10. The Morgan fingerprint density at radius 3 is 2.85 bits per heavy atom. The van der Waals surface area contributed by atoms with Gasteiger partial charge in [0, 0.05) is 6.54 Å². The number of amides is 1. The third-order valence-electron chi connectivity index (χ3n) is 4.55. The Labute approximate surface area is 163 Å². The minimum atomic E-state index is -0.550. The van der Waals surface area contributed by atoms with E-state index < -0.39 is 11.7 Å². The van der Waals surface area contributed by atoms with E-state index in [0.717, 1.165) is 27.3 Å². The lowest BCUT2D eigenvalue weighted by Gasteiger charge is -2.27. The van der Waals surface area contributed by atoms with Crippen molar-refractivity contribution in [1.82, 2.24) is 10.3 Å². The molecule has 1 aromatic heterocycles. The molecular formula is C19H28N4O3S. The van der Waals surface area contributed by atoms with Crippen molar-refractivity contribution in [2.24, 2.45) is 0 Å². The van der Waals surface area contributed by atoms with E-state index in [1.165, 1.54) is 0 Å². The molecule has 148 valence electrons. The molecule has 1 fully saturated rings. The maximum atomic E-state index is 12.1. The number of aromatic nitrogens is 1. The molecule has 0 aliphatic carbocycles. The van der Waals surface area contributed by atoms with E-state index in [1.807, 2.05) is 32.9 Å². The molecule has 1 saturated heterocycles. The van der Waals surface area contributed by atoms with Gasteiger partial charge in [-0.15, -0.1) is 11.3 Å². The molecule has 0 bridgehead atoms. The van der Waals surface area contributed by atoms with Gasteiger partial charge in [-0.05, 0) is 45.7 Å². The largest absolute Gasteiger partial charge is 0.444 e. The van der Waals surface area contributed by atoms with Gasteiger partial charge in [0.1, 0.15) is 11.1 Å². The molecule has 0 unspecified atom stereocenters. The van der Waals surface area contributed by atoms with Crippen molar-refractivity contribution in [2.75, 3.05) is 23.8 Å². The van der Waals surface area contributed by atoms with E-state index in [2.05, 4.69) is 17.1 Å². The first-order chi connectivity index (χ1) is 12.7. The lowest BCUT2D eigenvalue weighted by Crippen LogP contribution is -2.40. The molecule has 1 aromatic carbocycles. The van der Waals surface area contributed by atoms with Crippen molar-refractivity contribution in [1.29, 1.82) is 0 Å². The van der Waals surface area contributed by atoms with Crippen molar-refractivity contribution >= 4 is 39.0 Å². The summed E-state index contributed by atoms with van der Waals surface area (Å²) in [4.78, 5) is 18.9. The topological polar surface area (TPSA) is 101 Å². The van der Waals surface area contributed by atoms with Crippen LogP contribution in [0.4, 0.5) is 16.2 Å². The minimum Gasteiger partial charge on any atom is -0.444 e. The number of carbonyl (C=O) groups is 1. The van der Waals surface area contributed by atoms with Crippen LogP contribution >= 0.6 is 11.3 Å². The van der Waals surface area contributed by atoms with E-state index in [-0.39, 0.29) is 18.7 Å². The number of carbonyl (C=O) groups excluding carboxylic acids is 1. The van der Waals surface area contributed by atoms with Crippen LogP contribution in [0.1, 0.15) is 39.1 Å². The number of nitrogens with two attached hydrogens (primary N) is 1. The van der Waals surface area contributed by atoms with E-state index in [4.69, 9.17) is 15.5 Å². The average molecular weight is 393 g/mol. The number of aliphatic hydroxyl groups excluding tert-OH is 1. The summed E-state index contributed by atoms with van der Waals surface area (Å²) in [6, 6.07) is 3.62. The number of ether oxygens (including phenoxy) is 1. The smallest absolute Gasteiger partial charge is 0.407 e. The molecule has 1 aliphatic rings. The molecule has 4 N–H and O–H groups in total. The van der Waals surface area contributed by atoms with Crippen LogP contribution in [0.3, 0.4) is 0 Å². The standard InChI is InChI=1S/C19H28N4O3S/c1-5-15-22-16-14(27-15)7-6-13(20)17(16)23-9-11(8-12(23)10-24)21-18(25)26-19(2,3)4/h6-7,11-12,24H,5,8-10,20H2,1-4H3,(H,21,25)/t11-,12-/m0/s1. The van der Waals surface area contributed by atoms with Crippen LogP contribution in [-0.2, 0) is 11.2 Å². The van der Waals surface area contributed by atoms with E-state index >= 15 is 0 Å². The van der Waals surface area contributed by atoms with Crippen molar-refractivity contribution in [3.05, 3.63) is 17.1 Å². The van der Waals surface area contributed by atoms with Crippen LogP contribution in [0, 0.1) is 0 Å². The van der Waals surface area contributed by atoms with E-state index in [9.17, 15) is 9.90 Å². The monoisotopic (exact) mass is 392 g/mol. The third kappa shape index (κ3) is 4.27. The number of aliphatic hydroxyl groups is 1. The summed E-state index contributed by atoms with van der Waals surface area (Å²) in [5, 5.41) is 13.9. The highest BCUT2D eigenvalue weighted by molar-refractivity contribution is 7.18. The maximum absolute atomic E-state index is 12.1. The summed E-state index contributed by atoms with van der Waals surface area (Å²) < 4.78 is 6.43. The Balaban J connectivity index is 1.86. The molecule has 8 heteroatoms. The number of alkyl carbamates (subject to hydrolysis) is 1. The lowest BCUT2D eigenvalue weighted by molar-refractivity contribution is 0.0507. The molecule has 0 saturated carbocycles. The van der Waals surface area contributed by atoms with Crippen molar-refractivity contribution in [3.63, 3.8) is 0 Å². The molecule has 0 spiro atoms. The number of benzene rings is 1. The first kappa shape index (κ1) is 19.7. The Morgan fingerprint density at radius 1 is 1.48 bits per heavy atom. The Morgan fingerprint density at radius 2 is 2.22 bits per heavy atom. The van der Waals surface area contributed by atoms with Gasteiger partial charge in [-0.25, -0.2) is 9.78 Å². The molecule has 1 amide bonds. The van der Waals surface area contributed by atoms with Gasteiger partial charge in [0.05, 0.1) is 39.8 Å². The van der Waals surface area contributed by atoms with Crippen molar-refractivity contribution < 1.29 is 14.6 Å². The lowest BCUT2D eigenvalue weighted by atomic mass is 10.1. The molecule has 7 nitrogen and oxygen atoms in total. The highest BCUT2D eigenvalue weighted by Gasteiger charge is 2.35. The van der Waals surface area contributed by atoms with Crippen LogP contribution in [-0.4, -0.2) is 47.0 Å². The van der Waals surface area contributed by atoms with Crippen molar-refractivity contribution in [2.45, 2.75) is 58.2 Å². The SMILES string of the molecule is CCc1nc2c(N3C[C@@H](NC(=O)OC(C)(C)C)C[C@H]3CO)c(N)ccc2s1.